The highest BCUT2D eigenvalue weighted by Gasteiger charge is 2.18. The molecule has 0 heterocycles. The van der Waals surface area contributed by atoms with Crippen molar-refractivity contribution in [3.05, 3.63) is 83.9 Å². The molecule has 33 heavy (non-hydrogen) atoms. The summed E-state index contributed by atoms with van der Waals surface area (Å²) in [6.45, 7) is -0.587. The smallest absolute Gasteiger partial charge is 0.338 e. The molecule has 0 aromatic heterocycles. The van der Waals surface area contributed by atoms with Gasteiger partial charge in [-0.15, -0.1) is 0 Å². The zero-order chi connectivity index (χ0) is 23.8. The first kappa shape index (κ1) is 23.3. The molecular formula is C23H19N3O6S. The minimum Gasteiger partial charge on any atom is -0.497 e. The predicted molar refractivity (Wildman–Crippen MR) is 120 cm³/mol. The fourth-order valence-corrected chi connectivity index (χ4v) is 3.85. The van der Waals surface area contributed by atoms with E-state index in [9.17, 15) is 18.0 Å². The number of benzene rings is 3. The van der Waals surface area contributed by atoms with Crippen molar-refractivity contribution < 1.29 is 27.5 Å². The molecule has 0 aliphatic rings. The summed E-state index contributed by atoms with van der Waals surface area (Å²) in [5.41, 5.74) is 1.03. The first-order valence-electron chi connectivity index (χ1n) is 9.55. The van der Waals surface area contributed by atoms with E-state index >= 15 is 0 Å². The number of hydrogen-bond acceptors (Lipinski definition) is 7. The van der Waals surface area contributed by atoms with Crippen molar-refractivity contribution in [1.29, 1.82) is 5.26 Å². The highest BCUT2D eigenvalue weighted by Crippen LogP contribution is 2.20. The largest absolute Gasteiger partial charge is 0.497 e. The van der Waals surface area contributed by atoms with Crippen LogP contribution in [0.2, 0.25) is 0 Å². The molecule has 0 aliphatic carbocycles. The standard InChI is InChI=1S/C23H19N3O6S/c1-31-20-10-8-18(9-11-20)26-33(29,30)21-7-3-5-17(13-21)23(28)32-15-22(27)25-19-6-2-4-16(12-19)14-24/h2-13,26H,15H2,1H3,(H,25,27). The summed E-state index contributed by atoms with van der Waals surface area (Å²) >= 11 is 0. The number of amides is 1. The van der Waals surface area contributed by atoms with Gasteiger partial charge in [-0.1, -0.05) is 12.1 Å². The van der Waals surface area contributed by atoms with E-state index in [-0.39, 0.29) is 10.5 Å². The number of methoxy groups -OCH3 is 1. The Labute approximate surface area is 190 Å². The molecule has 0 saturated heterocycles. The Morgan fingerprint density at radius 3 is 2.39 bits per heavy atom. The SMILES string of the molecule is COc1ccc(NS(=O)(=O)c2cccc(C(=O)OCC(=O)Nc3cccc(C#N)c3)c2)cc1. The van der Waals surface area contributed by atoms with Crippen molar-refractivity contribution in [2.24, 2.45) is 0 Å². The van der Waals surface area contributed by atoms with Crippen LogP contribution in [0.4, 0.5) is 11.4 Å². The van der Waals surface area contributed by atoms with Gasteiger partial charge in [0.15, 0.2) is 6.61 Å². The minimum absolute atomic E-state index is 0.0353. The molecule has 1 amide bonds. The molecule has 0 spiro atoms. The number of anilines is 2. The van der Waals surface area contributed by atoms with Crippen LogP contribution in [-0.4, -0.2) is 34.0 Å². The lowest BCUT2D eigenvalue weighted by Crippen LogP contribution is -2.21. The van der Waals surface area contributed by atoms with Gasteiger partial charge < -0.3 is 14.8 Å². The molecule has 0 aliphatic heterocycles. The summed E-state index contributed by atoms with van der Waals surface area (Å²) in [4.78, 5) is 24.2. The lowest BCUT2D eigenvalue weighted by molar-refractivity contribution is -0.119. The number of esters is 1. The Bertz CT molecular complexity index is 1310. The minimum atomic E-state index is -3.97. The quantitative estimate of drug-likeness (QED) is 0.488. The van der Waals surface area contributed by atoms with Crippen molar-refractivity contribution in [3.8, 4) is 11.8 Å². The Balaban J connectivity index is 1.63. The lowest BCUT2D eigenvalue weighted by Gasteiger charge is -2.10. The zero-order valence-corrected chi connectivity index (χ0v) is 18.3. The third kappa shape index (κ3) is 6.32. The van der Waals surface area contributed by atoms with E-state index < -0.39 is 28.5 Å². The van der Waals surface area contributed by atoms with Gasteiger partial charge in [-0.25, -0.2) is 13.2 Å². The maximum Gasteiger partial charge on any atom is 0.338 e. The van der Waals surface area contributed by atoms with Crippen LogP contribution in [0, 0.1) is 11.3 Å². The van der Waals surface area contributed by atoms with Crippen molar-refractivity contribution in [3.63, 3.8) is 0 Å². The summed E-state index contributed by atoms with van der Waals surface area (Å²) in [6.07, 6.45) is 0. The third-order valence-electron chi connectivity index (χ3n) is 4.33. The second-order valence-corrected chi connectivity index (χ2v) is 8.36. The first-order chi connectivity index (χ1) is 15.8. The van der Waals surface area contributed by atoms with E-state index in [0.29, 0.717) is 22.7 Å². The van der Waals surface area contributed by atoms with E-state index in [2.05, 4.69) is 10.0 Å². The van der Waals surface area contributed by atoms with Crippen molar-refractivity contribution in [1.82, 2.24) is 0 Å². The molecule has 9 nitrogen and oxygen atoms in total. The van der Waals surface area contributed by atoms with Crippen LogP contribution in [-0.2, 0) is 19.6 Å². The van der Waals surface area contributed by atoms with Gasteiger partial charge in [0, 0.05) is 11.4 Å². The van der Waals surface area contributed by atoms with Gasteiger partial charge in [0.1, 0.15) is 5.75 Å². The molecule has 0 saturated carbocycles. The highest BCUT2D eigenvalue weighted by molar-refractivity contribution is 7.92. The molecule has 2 N–H and O–H groups in total. The van der Waals surface area contributed by atoms with E-state index in [1.165, 1.54) is 31.4 Å². The number of sulfonamides is 1. The van der Waals surface area contributed by atoms with Gasteiger partial charge in [0.05, 0.1) is 29.2 Å². The molecule has 0 unspecified atom stereocenters. The molecule has 3 aromatic rings. The maximum atomic E-state index is 12.7. The van der Waals surface area contributed by atoms with Crippen LogP contribution in [0.3, 0.4) is 0 Å². The Kier molecular flexibility index (Phi) is 7.27. The number of nitriles is 1. The number of nitrogens with one attached hydrogen (secondary N) is 2. The first-order valence-corrected chi connectivity index (χ1v) is 11.0. The number of rotatable bonds is 8. The number of ether oxygens (including phenoxy) is 2. The van der Waals surface area contributed by atoms with Crippen LogP contribution in [0.15, 0.2) is 77.7 Å². The van der Waals surface area contributed by atoms with Crippen LogP contribution < -0.4 is 14.8 Å². The fourth-order valence-electron chi connectivity index (χ4n) is 2.74. The van der Waals surface area contributed by atoms with E-state index in [1.54, 1.807) is 42.5 Å². The van der Waals surface area contributed by atoms with Gasteiger partial charge in [0.2, 0.25) is 0 Å². The van der Waals surface area contributed by atoms with Crippen LogP contribution in [0.5, 0.6) is 5.75 Å². The van der Waals surface area contributed by atoms with Crippen molar-refractivity contribution in [2.75, 3.05) is 23.8 Å². The topological polar surface area (TPSA) is 135 Å². The maximum absolute atomic E-state index is 12.7. The molecule has 168 valence electrons. The molecule has 10 heteroatoms. The number of hydrogen-bond donors (Lipinski definition) is 2. The Morgan fingerprint density at radius 2 is 1.70 bits per heavy atom. The van der Waals surface area contributed by atoms with Crippen molar-refractivity contribution >= 4 is 33.3 Å². The van der Waals surface area contributed by atoms with E-state index in [0.717, 1.165) is 6.07 Å². The van der Waals surface area contributed by atoms with Crippen LogP contribution in [0.1, 0.15) is 15.9 Å². The van der Waals surface area contributed by atoms with Gasteiger partial charge >= 0.3 is 5.97 Å². The molecular weight excluding hydrogens is 446 g/mol. The Hall–Kier alpha value is -4.36. The van der Waals surface area contributed by atoms with Gasteiger partial charge in [0.25, 0.3) is 15.9 Å². The van der Waals surface area contributed by atoms with Crippen molar-refractivity contribution in [2.45, 2.75) is 4.90 Å². The number of nitrogens with zero attached hydrogens (tertiary/aromatic N) is 1. The molecule has 3 rings (SSSR count). The second kappa shape index (κ2) is 10.3. The Morgan fingerprint density at radius 1 is 0.970 bits per heavy atom. The molecule has 0 fully saturated rings. The average Bonchev–Trinajstić information content (AvgIpc) is 2.83. The normalized spacial score (nSPS) is 10.5. The summed E-state index contributed by atoms with van der Waals surface area (Å²) in [5, 5.41) is 11.4. The molecule has 0 atom stereocenters. The monoisotopic (exact) mass is 465 g/mol. The van der Waals surface area contributed by atoms with Gasteiger partial charge in [-0.05, 0) is 60.7 Å². The number of carbonyl (C=O) groups is 2. The van der Waals surface area contributed by atoms with E-state index in [1.807, 2.05) is 6.07 Å². The van der Waals surface area contributed by atoms with Gasteiger partial charge in [-0.3, -0.25) is 9.52 Å². The van der Waals surface area contributed by atoms with Crippen LogP contribution >= 0.6 is 0 Å². The molecule has 3 aromatic carbocycles. The molecule has 0 radical (unpaired) electrons. The molecule has 0 bridgehead atoms. The average molecular weight is 465 g/mol. The van der Waals surface area contributed by atoms with E-state index in [4.69, 9.17) is 14.7 Å². The summed E-state index contributed by atoms with van der Waals surface area (Å²) in [6, 6.07) is 19.8. The highest BCUT2D eigenvalue weighted by atomic mass is 32.2. The fraction of sp³-hybridized carbons (Fsp3) is 0.0870. The zero-order valence-electron chi connectivity index (χ0n) is 17.4. The number of carbonyl (C=O) groups excluding carboxylic acids is 2. The van der Waals surface area contributed by atoms with Gasteiger partial charge in [-0.2, -0.15) is 5.26 Å². The predicted octanol–water partition coefficient (Wildman–Crippen LogP) is 3.16. The lowest BCUT2D eigenvalue weighted by atomic mass is 10.2. The second-order valence-electron chi connectivity index (χ2n) is 6.68. The summed E-state index contributed by atoms with van der Waals surface area (Å²) in [7, 11) is -2.47. The summed E-state index contributed by atoms with van der Waals surface area (Å²) in [5.74, 6) is -0.898. The van der Waals surface area contributed by atoms with Crippen LogP contribution in [0.25, 0.3) is 0 Å². The third-order valence-corrected chi connectivity index (χ3v) is 5.71. The summed E-state index contributed by atoms with van der Waals surface area (Å²) < 4.78 is 37.8.